The fraction of sp³-hybridized carbons (Fsp3) is 0.455. The van der Waals surface area contributed by atoms with E-state index in [0.29, 0.717) is 17.6 Å². The molecule has 0 aliphatic rings. The molecule has 0 saturated heterocycles. The van der Waals surface area contributed by atoms with Gasteiger partial charge in [0.25, 0.3) is 0 Å². The molecule has 1 N–H and O–H groups in total. The number of hydrogen-bond donors (Lipinski definition) is 1. The fourth-order valence-corrected chi connectivity index (χ4v) is 2.24. The SMILES string of the molecule is C=C(Cl)CNC(C)c1ccc(CC)s1. The summed E-state index contributed by atoms with van der Waals surface area (Å²) in [6, 6.07) is 4.72. The molecule has 1 rings (SSSR count). The van der Waals surface area contributed by atoms with Crippen LogP contribution in [0, 0.1) is 0 Å². The van der Waals surface area contributed by atoms with Crippen molar-refractivity contribution in [1.82, 2.24) is 5.32 Å². The number of hydrogen-bond acceptors (Lipinski definition) is 2. The maximum Gasteiger partial charge on any atom is 0.0389 e. The quantitative estimate of drug-likeness (QED) is 0.812. The Morgan fingerprint density at radius 1 is 1.64 bits per heavy atom. The summed E-state index contributed by atoms with van der Waals surface area (Å²) in [5.41, 5.74) is 0. The Labute approximate surface area is 94.8 Å². The van der Waals surface area contributed by atoms with E-state index in [0.717, 1.165) is 6.42 Å². The monoisotopic (exact) mass is 229 g/mol. The van der Waals surface area contributed by atoms with Crippen LogP contribution in [0.5, 0.6) is 0 Å². The second-order valence-corrected chi connectivity index (χ2v) is 5.01. The highest BCUT2D eigenvalue weighted by atomic mass is 35.5. The van der Waals surface area contributed by atoms with E-state index in [4.69, 9.17) is 11.6 Å². The average molecular weight is 230 g/mol. The first kappa shape index (κ1) is 11.8. The van der Waals surface area contributed by atoms with Gasteiger partial charge in [-0.3, -0.25) is 0 Å². The zero-order valence-electron chi connectivity index (χ0n) is 8.64. The van der Waals surface area contributed by atoms with Crippen molar-refractivity contribution in [1.29, 1.82) is 0 Å². The summed E-state index contributed by atoms with van der Waals surface area (Å²) in [5.74, 6) is 0. The molecule has 0 saturated carbocycles. The third-order valence-electron chi connectivity index (χ3n) is 2.06. The van der Waals surface area contributed by atoms with Crippen LogP contribution < -0.4 is 5.32 Å². The van der Waals surface area contributed by atoms with Crippen molar-refractivity contribution in [3.63, 3.8) is 0 Å². The Morgan fingerprint density at radius 3 is 2.86 bits per heavy atom. The molecule has 1 nitrogen and oxygen atoms in total. The van der Waals surface area contributed by atoms with E-state index in [-0.39, 0.29) is 0 Å². The molecule has 14 heavy (non-hydrogen) atoms. The summed E-state index contributed by atoms with van der Waals surface area (Å²) < 4.78 is 0. The molecular formula is C11H16ClNS. The van der Waals surface area contributed by atoms with Crippen molar-refractivity contribution in [2.45, 2.75) is 26.3 Å². The van der Waals surface area contributed by atoms with Gasteiger partial charge in [0.15, 0.2) is 0 Å². The van der Waals surface area contributed by atoms with E-state index < -0.39 is 0 Å². The van der Waals surface area contributed by atoms with E-state index in [9.17, 15) is 0 Å². The van der Waals surface area contributed by atoms with Gasteiger partial charge in [-0.15, -0.1) is 11.3 Å². The number of nitrogens with one attached hydrogen (secondary N) is 1. The first-order valence-corrected chi connectivity index (χ1v) is 5.98. The van der Waals surface area contributed by atoms with Gasteiger partial charge < -0.3 is 5.32 Å². The number of rotatable bonds is 5. The standard InChI is InChI=1S/C11H16ClNS/c1-4-10-5-6-11(14-10)9(3)13-7-8(2)12/h5-6,9,13H,2,4,7H2,1,3H3. The number of aryl methyl sites for hydroxylation is 1. The molecule has 78 valence electrons. The Hall–Kier alpha value is -0.310. The molecule has 1 aromatic heterocycles. The first-order chi connectivity index (χ1) is 6.63. The summed E-state index contributed by atoms with van der Waals surface area (Å²) in [5, 5.41) is 3.97. The van der Waals surface area contributed by atoms with Crippen molar-refractivity contribution in [2.24, 2.45) is 0 Å². The molecule has 3 heteroatoms. The highest BCUT2D eigenvalue weighted by molar-refractivity contribution is 7.12. The van der Waals surface area contributed by atoms with Crippen molar-refractivity contribution >= 4 is 22.9 Å². The smallest absolute Gasteiger partial charge is 0.0389 e. The van der Waals surface area contributed by atoms with Gasteiger partial charge in [0, 0.05) is 27.4 Å². The molecule has 0 radical (unpaired) electrons. The van der Waals surface area contributed by atoms with Crippen molar-refractivity contribution < 1.29 is 0 Å². The molecule has 0 aliphatic carbocycles. The molecule has 0 fully saturated rings. The van der Waals surface area contributed by atoms with Crippen LogP contribution in [-0.4, -0.2) is 6.54 Å². The minimum Gasteiger partial charge on any atom is -0.304 e. The predicted molar refractivity (Wildman–Crippen MR) is 65.1 cm³/mol. The van der Waals surface area contributed by atoms with E-state index in [1.807, 2.05) is 11.3 Å². The normalized spacial score (nSPS) is 12.8. The van der Waals surface area contributed by atoms with Gasteiger partial charge in [0.2, 0.25) is 0 Å². The summed E-state index contributed by atoms with van der Waals surface area (Å²) in [6.45, 7) is 8.64. The lowest BCUT2D eigenvalue weighted by molar-refractivity contribution is 0.624. The van der Waals surface area contributed by atoms with E-state index in [2.05, 4.69) is 37.9 Å². The van der Waals surface area contributed by atoms with Gasteiger partial charge >= 0.3 is 0 Å². The number of thiophene rings is 1. The maximum atomic E-state index is 5.69. The second-order valence-electron chi connectivity index (χ2n) is 3.28. The Morgan fingerprint density at radius 2 is 2.36 bits per heavy atom. The van der Waals surface area contributed by atoms with Gasteiger partial charge in [-0.05, 0) is 25.5 Å². The lowest BCUT2D eigenvalue weighted by atomic mass is 10.2. The average Bonchev–Trinajstić information content (AvgIpc) is 2.62. The lowest BCUT2D eigenvalue weighted by Crippen LogP contribution is -2.18. The molecule has 0 spiro atoms. The molecular weight excluding hydrogens is 214 g/mol. The van der Waals surface area contributed by atoms with Gasteiger partial charge in [0.1, 0.15) is 0 Å². The number of halogens is 1. The van der Waals surface area contributed by atoms with Crippen molar-refractivity contribution in [3.8, 4) is 0 Å². The highest BCUT2D eigenvalue weighted by Crippen LogP contribution is 2.23. The zero-order chi connectivity index (χ0) is 10.6. The van der Waals surface area contributed by atoms with Gasteiger partial charge in [-0.2, -0.15) is 0 Å². The highest BCUT2D eigenvalue weighted by Gasteiger charge is 2.07. The van der Waals surface area contributed by atoms with Crippen molar-refractivity contribution in [2.75, 3.05) is 6.54 Å². The van der Waals surface area contributed by atoms with Crippen LogP contribution in [0.25, 0.3) is 0 Å². The molecule has 0 amide bonds. The Bertz CT molecular complexity index is 306. The summed E-state index contributed by atoms with van der Waals surface area (Å²) >= 11 is 7.55. The van der Waals surface area contributed by atoms with Crippen LogP contribution in [0.4, 0.5) is 0 Å². The molecule has 1 heterocycles. The molecule has 1 atom stereocenters. The second kappa shape index (κ2) is 5.54. The third kappa shape index (κ3) is 3.45. The van der Waals surface area contributed by atoms with E-state index >= 15 is 0 Å². The minimum absolute atomic E-state index is 0.357. The third-order valence-corrected chi connectivity index (χ3v) is 3.60. The van der Waals surface area contributed by atoms with E-state index in [1.165, 1.54) is 9.75 Å². The molecule has 0 bridgehead atoms. The first-order valence-electron chi connectivity index (χ1n) is 4.78. The Balaban J connectivity index is 2.51. The topological polar surface area (TPSA) is 12.0 Å². The van der Waals surface area contributed by atoms with Gasteiger partial charge in [0.05, 0.1) is 0 Å². The lowest BCUT2D eigenvalue weighted by Gasteiger charge is -2.10. The minimum atomic E-state index is 0.357. The predicted octanol–water partition coefficient (Wildman–Crippen LogP) is 3.71. The zero-order valence-corrected chi connectivity index (χ0v) is 10.2. The fourth-order valence-electron chi connectivity index (χ4n) is 1.18. The van der Waals surface area contributed by atoms with Crippen LogP contribution in [0.2, 0.25) is 0 Å². The van der Waals surface area contributed by atoms with Crippen LogP contribution in [0.3, 0.4) is 0 Å². The van der Waals surface area contributed by atoms with Crippen LogP contribution in [-0.2, 0) is 6.42 Å². The van der Waals surface area contributed by atoms with Crippen molar-refractivity contribution in [3.05, 3.63) is 33.5 Å². The maximum absolute atomic E-state index is 5.69. The van der Waals surface area contributed by atoms with E-state index in [1.54, 1.807) is 0 Å². The molecule has 1 unspecified atom stereocenters. The summed E-state index contributed by atoms with van der Waals surface area (Å²) in [7, 11) is 0. The molecule has 0 aliphatic heterocycles. The largest absolute Gasteiger partial charge is 0.304 e. The van der Waals surface area contributed by atoms with Crippen LogP contribution in [0.1, 0.15) is 29.6 Å². The van der Waals surface area contributed by atoms with Crippen LogP contribution >= 0.6 is 22.9 Å². The molecule has 1 aromatic rings. The Kier molecular flexibility index (Phi) is 4.66. The van der Waals surface area contributed by atoms with Gasteiger partial charge in [-0.25, -0.2) is 0 Å². The molecule has 0 aromatic carbocycles. The summed E-state index contributed by atoms with van der Waals surface area (Å²) in [4.78, 5) is 2.79. The summed E-state index contributed by atoms with van der Waals surface area (Å²) in [6.07, 6.45) is 1.11. The van der Waals surface area contributed by atoms with Gasteiger partial charge in [-0.1, -0.05) is 25.1 Å². The van der Waals surface area contributed by atoms with Crippen LogP contribution in [0.15, 0.2) is 23.7 Å².